The summed E-state index contributed by atoms with van der Waals surface area (Å²) in [4.78, 5) is 16.7. The van der Waals surface area contributed by atoms with E-state index in [1.165, 1.54) is 5.56 Å². The van der Waals surface area contributed by atoms with Gasteiger partial charge in [0.25, 0.3) is 0 Å². The molecule has 0 N–H and O–H groups in total. The predicted molar refractivity (Wildman–Crippen MR) is 90.2 cm³/mol. The number of fused-ring (bicyclic) bond motifs is 3. The van der Waals surface area contributed by atoms with E-state index in [2.05, 4.69) is 29.0 Å². The number of pyridine rings is 1. The van der Waals surface area contributed by atoms with Gasteiger partial charge in [-0.1, -0.05) is 12.0 Å². The molecule has 2 aromatic rings. The highest BCUT2D eigenvalue weighted by atomic mass is 16.6. The van der Waals surface area contributed by atoms with Crippen LogP contribution in [0.4, 0.5) is 0 Å². The Kier molecular flexibility index (Phi) is 3.69. The second-order valence-corrected chi connectivity index (χ2v) is 6.64. The van der Waals surface area contributed by atoms with E-state index in [0.29, 0.717) is 5.56 Å². The van der Waals surface area contributed by atoms with E-state index in [1.54, 1.807) is 6.20 Å². The number of carbonyl (C=O) groups is 1. The highest BCUT2D eigenvalue weighted by Gasteiger charge is 2.24. The number of benzene rings is 1. The highest BCUT2D eigenvalue weighted by molar-refractivity contribution is 5.92. The molecule has 116 valence electrons. The Hall–Kier alpha value is -2.60. The van der Waals surface area contributed by atoms with Gasteiger partial charge in [-0.15, -0.1) is 5.92 Å². The van der Waals surface area contributed by atoms with Gasteiger partial charge in [0.15, 0.2) is 0 Å². The van der Waals surface area contributed by atoms with Gasteiger partial charge < -0.3 is 4.74 Å². The third-order valence-corrected chi connectivity index (χ3v) is 3.63. The first kappa shape index (κ1) is 15.3. The first-order valence-electron chi connectivity index (χ1n) is 7.66. The summed E-state index contributed by atoms with van der Waals surface area (Å²) in [7, 11) is 0. The normalized spacial score (nSPS) is 12.0. The first-order valence-corrected chi connectivity index (χ1v) is 7.66. The zero-order valence-electron chi connectivity index (χ0n) is 13.9. The van der Waals surface area contributed by atoms with Crippen molar-refractivity contribution >= 4 is 5.97 Å². The second kappa shape index (κ2) is 5.55. The Morgan fingerprint density at radius 3 is 2.70 bits per heavy atom. The smallest absolute Gasteiger partial charge is 0.340 e. The van der Waals surface area contributed by atoms with Crippen LogP contribution in [0.1, 0.15) is 54.9 Å². The van der Waals surface area contributed by atoms with Gasteiger partial charge in [0.2, 0.25) is 0 Å². The van der Waals surface area contributed by atoms with Crippen molar-refractivity contribution in [3.8, 4) is 23.0 Å². The number of carbonyl (C=O) groups excluding carboxylic acids is 1. The van der Waals surface area contributed by atoms with Crippen LogP contribution in [-0.2, 0) is 11.2 Å². The Morgan fingerprint density at radius 2 is 2.00 bits per heavy atom. The van der Waals surface area contributed by atoms with Crippen molar-refractivity contribution in [3.05, 3.63) is 52.8 Å². The number of aromatic nitrogens is 1. The maximum atomic E-state index is 12.3. The molecule has 1 aromatic carbocycles. The number of nitrogens with zero attached hydrogens (tertiary/aromatic N) is 1. The van der Waals surface area contributed by atoms with Gasteiger partial charge in [-0.05, 0) is 57.0 Å². The Morgan fingerprint density at radius 1 is 1.22 bits per heavy atom. The molecule has 1 aromatic heterocycles. The molecule has 23 heavy (non-hydrogen) atoms. The molecule has 3 rings (SSSR count). The summed E-state index contributed by atoms with van der Waals surface area (Å²) in [5.74, 6) is 5.65. The first-order chi connectivity index (χ1) is 10.9. The molecule has 0 spiro atoms. The van der Waals surface area contributed by atoms with Crippen molar-refractivity contribution in [1.82, 2.24) is 4.98 Å². The third-order valence-electron chi connectivity index (χ3n) is 3.63. The summed E-state index contributed by atoms with van der Waals surface area (Å²) in [6.45, 7) is 7.40. The minimum atomic E-state index is -0.516. The summed E-state index contributed by atoms with van der Waals surface area (Å²) in [5.41, 5.74) is 5.27. The number of ether oxygens (including phenoxy) is 1. The molecule has 0 saturated carbocycles. The molecule has 0 fully saturated rings. The molecule has 1 aliphatic carbocycles. The number of hydrogen-bond acceptors (Lipinski definition) is 3. The predicted octanol–water partition coefficient (Wildman–Crippen LogP) is 3.98. The van der Waals surface area contributed by atoms with Gasteiger partial charge in [-0.2, -0.15) is 0 Å². The molecule has 1 aliphatic rings. The topological polar surface area (TPSA) is 39.2 Å². The molecule has 0 amide bonds. The monoisotopic (exact) mass is 305 g/mol. The van der Waals surface area contributed by atoms with Crippen LogP contribution in [0.3, 0.4) is 0 Å². The molecule has 3 heteroatoms. The largest absolute Gasteiger partial charge is 0.456 e. The van der Waals surface area contributed by atoms with Crippen LogP contribution >= 0.6 is 0 Å². The van der Waals surface area contributed by atoms with Gasteiger partial charge in [-0.25, -0.2) is 4.79 Å². The molecule has 1 heterocycles. The summed E-state index contributed by atoms with van der Waals surface area (Å²) < 4.78 is 5.43. The van der Waals surface area contributed by atoms with Gasteiger partial charge in [-0.3, -0.25) is 4.98 Å². The third kappa shape index (κ3) is 3.12. The van der Waals surface area contributed by atoms with E-state index in [-0.39, 0.29) is 5.97 Å². The Bertz CT molecular complexity index is 848. The molecule has 0 saturated heterocycles. The SMILES string of the molecule is CC#Cc1ccc2c(c1)-c1cc(C(=O)OC(C)(C)C)cnc1C2. The molecule has 0 radical (unpaired) electrons. The molecular formula is C20H19NO2. The maximum absolute atomic E-state index is 12.3. The lowest BCUT2D eigenvalue weighted by Gasteiger charge is -2.19. The van der Waals surface area contributed by atoms with Crippen molar-refractivity contribution in [1.29, 1.82) is 0 Å². The number of rotatable bonds is 1. The zero-order chi connectivity index (χ0) is 16.6. The van der Waals surface area contributed by atoms with E-state index in [0.717, 1.165) is 28.8 Å². The molecule has 0 unspecified atom stereocenters. The Labute approximate surface area is 136 Å². The van der Waals surface area contributed by atoms with E-state index in [1.807, 2.05) is 39.8 Å². The standard InChI is InChI=1S/C20H19NO2/c1-5-6-13-7-8-14-11-18-17(16(14)9-13)10-15(12-21-18)19(22)23-20(2,3)4/h7-10,12H,11H2,1-4H3. The minimum Gasteiger partial charge on any atom is -0.456 e. The lowest BCUT2D eigenvalue weighted by Crippen LogP contribution is -2.24. The summed E-state index contributed by atoms with van der Waals surface area (Å²) in [6, 6.07) is 8.06. The van der Waals surface area contributed by atoms with Crippen molar-refractivity contribution in [2.45, 2.75) is 39.7 Å². The maximum Gasteiger partial charge on any atom is 0.340 e. The second-order valence-electron chi connectivity index (χ2n) is 6.64. The van der Waals surface area contributed by atoms with Crippen molar-refractivity contribution in [2.75, 3.05) is 0 Å². The summed E-state index contributed by atoms with van der Waals surface area (Å²) in [5, 5.41) is 0. The van der Waals surface area contributed by atoms with Crippen LogP contribution in [0.15, 0.2) is 30.5 Å². The van der Waals surface area contributed by atoms with E-state index < -0.39 is 5.60 Å². The fourth-order valence-electron chi connectivity index (χ4n) is 2.70. The van der Waals surface area contributed by atoms with E-state index in [4.69, 9.17) is 4.74 Å². The average Bonchev–Trinajstić information content (AvgIpc) is 2.83. The van der Waals surface area contributed by atoms with Crippen LogP contribution in [0.25, 0.3) is 11.1 Å². The van der Waals surface area contributed by atoms with Crippen molar-refractivity contribution in [2.24, 2.45) is 0 Å². The van der Waals surface area contributed by atoms with Gasteiger partial charge in [0.1, 0.15) is 5.60 Å². The van der Waals surface area contributed by atoms with Crippen molar-refractivity contribution < 1.29 is 9.53 Å². The lowest BCUT2D eigenvalue weighted by molar-refractivity contribution is 0.00691. The van der Waals surface area contributed by atoms with Crippen LogP contribution < -0.4 is 0 Å². The fraction of sp³-hybridized carbons (Fsp3) is 0.300. The van der Waals surface area contributed by atoms with E-state index in [9.17, 15) is 4.79 Å². The lowest BCUT2D eigenvalue weighted by atomic mass is 10.0. The quantitative estimate of drug-likeness (QED) is 0.504. The molecule has 0 aliphatic heterocycles. The molecule has 0 bridgehead atoms. The summed E-state index contributed by atoms with van der Waals surface area (Å²) in [6.07, 6.45) is 2.39. The van der Waals surface area contributed by atoms with Crippen molar-refractivity contribution in [3.63, 3.8) is 0 Å². The van der Waals surface area contributed by atoms with Crippen LogP contribution in [0.2, 0.25) is 0 Å². The summed E-state index contributed by atoms with van der Waals surface area (Å²) >= 11 is 0. The van der Waals surface area contributed by atoms with Gasteiger partial charge >= 0.3 is 5.97 Å². The fourth-order valence-corrected chi connectivity index (χ4v) is 2.70. The zero-order valence-corrected chi connectivity index (χ0v) is 13.9. The highest BCUT2D eigenvalue weighted by Crippen LogP contribution is 2.36. The van der Waals surface area contributed by atoms with Gasteiger partial charge in [0, 0.05) is 23.7 Å². The molecule has 0 atom stereocenters. The molecule has 3 nitrogen and oxygen atoms in total. The number of hydrogen-bond donors (Lipinski definition) is 0. The average molecular weight is 305 g/mol. The van der Waals surface area contributed by atoms with Crippen LogP contribution in [-0.4, -0.2) is 16.6 Å². The minimum absolute atomic E-state index is 0.342. The van der Waals surface area contributed by atoms with E-state index >= 15 is 0 Å². The van der Waals surface area contributed by atoms with Crippen LogP contribution in [0.5, 0.6) is 0 Å². The Balaban J connectivity index is 2.01. The molecular weight excluding hydrogens is 286 g/mol. The number of esters is 1. The van der Waals surface area contributed by atoms with Gasteiger partial charge in [0.05, 0.1) is 11.3 Å². The van der Waals surface area contributed by atoms with Crippen LogP contribution in [0, 0.1) is 11.8 Å².